The van der Waals surface area contributed by atoms with Crippen molar-refractivity contribution in [3.05, 3.63) is 22.4 Å². The number of methoxy groups -OCH3 is 1. The molecule has 1 aliphatic heterocycles. The van der Waals surface area contributed by atoms with Gasteiger partial charge in [-0.2, -0.15) is 0 Å². The SMILES string of the molecule is CCNC(=NCCCNC(=O)c1cccs1)N1CCC(OCCCOC)CC1. The molecule has 1 saturated heterocycles. The van der Waals surface area contributed by atoms with Crippen molar-refractivity contribution in [2.45, 2.75) is 38.7 Å². The first-order valence-electron chi connectivity index (χ1n) is 10.2. The molecule has 158 valence electrons. The second-order valence-corrected chi connectivity index (χ2v) is 7.67. The fourth-order valence-corrected chi connectivity index (χ4v) is 3.71. The Hall–Kier alpha value is -1.64. The van der Waals surface area contributed by atoms with Crippen LogP contribution in [0.4, 0.5) is 0 Å². The Kier molecular flexibility index (Phi) is 10.9. The van der Waals surface area contributed by atoms with Gasteiger partial charge < -0.3 is 25.0 Å². The van der Waals surface area contributed by atoms with Gasteiger partial charge >= 0.3 is 0 Å². The normalized spacial score (nSPS) is 15.6. The lowest BCUT2D eigenvalue weighted by Crippen LogP contribution is -2.47. The third-order valence-corrected chi connectivity index (χ3v) is 5.42. The molecule has 1 fully saturated rings. The molecule has 2 heterocycles. The summed E-state index contributed by atoms with van der Waals surface area (Å²) in [6.45, 7) is 7.70. The summed E-state index contributed by atoms with van der Waals surface area (Å²) >= 11 is 1.46. The number of aliphatic imine (C=N–C) groups is 1. The maximum atomic E-state index is 11.9. The van der Waals surface area contributed by atoms with Crippen molar-refractivity contribution in [3.63, 3.8) is 0 Å². The molecule has 0 saturated carbocycles. The van der Waals surface area contributed by atoms with Crippen molar-refractivity contribution < 1.29 is 14.3 Å². The average Bonchev–Trinajstić information content (AvgIpc) is 3.26. The van der Waals surface area contributed by atoms with E-state index in [-0.39, 0.29) is 5.91 Å². The van der Waals surface area contributed by atoms with Crippen LogP contribution in [0, 0.1) is 0 Å². The van der Waals surface area contributed by atoms with Crippen LogP contribution in [0.5, 0.6) is 0 Å². The Labute approximate surface area is 172 Å². The number of amides is 1. The first-order valence-corrected chi connectivity index (χ1v) is 11.1. The van der Waals surface area contributed by atoms with Gasteiger partial charge in [0.15, 0.2) is 5.96 Å². The molecule has 1 aromatic rings. The van der Waals surface area contributed by atoms with E-state index in [0.29, 0.717) is 19.2 Å². The molecule has 1 aromatic heterocycles. The molecule has 0 atom stereocenters. The largest absolute Gasteiger partial charge is 0.385 e. The molecular formula is C20H34N4O3S. The number of likely N-dealkylation sites (tertiary alicyclic amines) is 1. The summed E-state index contributed by atoms with van der Waals surface area (Å²) < 4.78 is 11.0. The predicted molar refractivity (Wildman–Crippen MR) is 114 cm³/mol. The van der Waals surface area contributed by atoms with Gasteiger partial charge in [-0.15, -0.1) is 11.3 Å². The monoisotopic (exact) mass is 410 g/mol. The van der Waals surface area contributed by atoms with Crippen LogP contribution in [0.1, 0.15) is 42.3 Å². The fourth-order valence-electron chi connectivity index (χ4n) is 3.07. The van der Waals surface area contributed by atoms with Gasteiger partial charge in [0.2, 0.25) is 0 Å². The number of nitrogens with one attached hydrogen (secondary N) is 2. The Bertz CT molecular complexity index is 572. The van der Waals surface area contributed by atoms with Crippen LogP contribution in [-0.2, 0) is 9.47 Å². The molecule has 0 spiro atoms. The zero-order chi connectivity index (χ0) is 20.0. The van der Waals surface area contributed by atoms with Crippen LogP contribution in [0.2, 0.25) is 0 Å². The zero-order valence-corrected chi connectivity index (χ0v) is 17.9. The van der Waals surface area contributed by atoms with E-state index < -0.39 is 0 Å². The van der Waals surface area contributed by atoms with Gasteiger partial charge in [0, 0.05) is 53.0 Å². The Morgan fingerprint density at radius 2 is 2.11 bits per heavy atom. The van der Waals surface area contributed by atoms with Gasteiger partial charge in [-0.3, -0.25) is 9.79 Å². The molecule has 2 N–H and O–H groups in total. The van der Waals surface area contributed by atoms with Crippen LogP contribution < -0.4 is 10.6 Å². The summed E-state index contributed by atoms with van der Waals surface area (Å²) in [5, 5.41) is 8.24. The number of carbonyl (C=O) groups excluding carboxylic acids is 1. The van der Waals surface area contributed by atoms with Crippen LogP contribution in [0.15, 0.2) is 22.5 Å². The molecule has 8 heteroatoms. The van der Waals surface area contributed by atoms with Crippen molar-refractivity contribution in [1.82, 2.24) is 15.5 Å². The molecule has 28 heavy (non-hydrogen) atoms. The Morgan fingerprint density at radius 1 is 1.29 bits per heavy atom. The van der Waals surface area contributed by atoms with E-state index in [1.807, 2.05) is 17.5 Å². The maximum Gasteiger partial charge on any atom is 0.261 e. The number of piperidine rings is 1. The van der Waals surface area contributed by atoms with E-state index in [2.05, 4.69) is 22.5 Å². The van der Waals surface area contributed by atoms with Crippen LogP contribution in [0.3, 0.4) is 0 Å². The molecule has 7 nitrogen and oxygen atoms in total. The molecule has 2 rings (SSSR count). The Balaban J connectivity index is 1.66. The molecule has 0 bridgehead atoms. The average molecular weight is 411 g/mol. The van der Waals surface area contributed by atoms with E-state index >= 15 is 0 Å². The summed E-state index contributed by atoms with van der Waals surface area (Å²) in [5.74, 6) is 0.961. The summed E-state index contributed by atoms with van der Waals surface area (Å²) in [6, 6.07) is 3.73. The number of ether oxygens (including phenoxy) is 2. The molecule has 0 aromatic carbocycles. The number of nitrogens with zero attached hydrogens (tertiary/aromatic N) is 2. The minimum atomic E-state index is -0.00143. The van der Waals surface area contributed by atoms with E-state index in [0.717, 1.165) is 69.4 Å². The highest BCUT2D eigenvalue weighted by molar-refractivity contribution is 7.12. The summed E-state index contributed by atoms with van der Waals surface area (Å²) in [7, 11) is 1.72. The third kappa shape index (κ3) is 8.16. The number of hydrogen-bond donors (Lipinski definition) is 2. The standard InChI is InChI=1S/C20H34N4O3S/c1-3-21-20(23-11-5-10-22-19(25)18-7-4-16-28-18)24-12-8-17(9-13-24)27-15-6-14-26-2/h4,7,16-17H,3,5-6,8-15H2,1-2H3,(H,21,23)(H,22,25). The molecule has 1 aliphatic rings. The van der Waals surface area contributed by atoms with Gasteiger partial charge in [-0.05, 0) is 44.1 Å². The lowest BCUT2D eigenvalue weighted by atomic mass is 10.1. The number of carbonyl (C=O) groups is 1. The van der Waals surface area contributed by atoms with Crippen molar-refractivity contribution >= 4 is 23.2 Å². The Morgan fingerprint density at radius 3 is 2.79 bits per heavy atom. The molecule has 1 amide bonds. The quantitative estimate of drug-likeness (QED) is 0.333. The molecule has 0 unspecified atom stereocenters. The second kappa shape index (κ2) is 13.5. The van der Waals surface area contributed by atoms with Gasteiger partial charge in [0.25, 0.3) is 5.91 Å². The van der Waals surface area contributed by atoms with Crippen LogP contribution in [0.25, 0.3) is 0 Å². The molecule has 0 aliphatic carbocycles. The first-order chi connectivity index (χ1) is 13.7. The molecular weight excluding hydrogens is 376 g/mol. The van der Waals surface area contributed by atoms with E-state index in [4.69, 9.17) is 14.5 Å². The first kappa shape index (κ1) is 22.6. The summed E-state index contributed by atoms with van der Waals surface area (Å²) in [6.07, 6.45) is 4.15. The lowest BCUT2D eigenvalue weighted by molar-refractivity contribution is 0.00990. The number of thiophene rings is 1. The lowest BCUT2D eigenvalue weighted by Gasteiger charge is -2.34. The number of hydrogen-bond acceptors (Lipinski definition) is 5. The van der Waals surface area contributed by atoms with Crippen LogP contribution in [-0.4, -0.2) is 75.9 Å². The smallest absolute Gasteiger partial charge is 0.261 e. The van der Waals surface area contributed by atoms with E-state index in [1.165, 1.54) is 11.3 Å². The fraction of sp³-hybridized carbons (Fsp3) is 0.700. The van der Waals surface area contributed by atoms with Gasteiger partial charge in [-0.25, -0.2) is 0 Å². The number of guanidine groups is 1. The van der Waals surface area contributed by atoms with Crippen molar-refractivity contribution in [2.24, 2.45) is 4.99 Å². The second-order valence-electron chi connectivity index (χ2n) is 6.73. The highest BCUT2D eigenvalue weighted by Gasteiger charge is 2.21. The van der Waals surface area contributed by atoms with Crippen molar-refractivity contribution in [3.8, 4) is 0 Å². The van der Waals surface area contributed by atoms with E-state index in [9.17, 15) is 4.79 Å². The number of rotatable bonds is 11. The van der Waals surface area contributed by atoms with Gasteiger partial charge in [0.1, 0.15) is 0 Å². The highest BCUT2D eigenvalue weighted by Crippen LogP contribution is 2.14. The summed E-state index contributed by atoms with van der Waals surface area (Å²) in [5.41, 5.74) is 0. The van der Waals surface area contributed by atoms with Crippen molar-refractivity contribution in [2.75, 3.05) is 53.0 Å². The predicted octanol–water partition coefficient (Wildman–Crippen LogP) is 2.35. The highest BCUT2D eigenvalue weighted by atomic mass is 32.1. The zero-order valence-electron chi connectivity index (χ0n) is 17.1. The van der Waals surface area contributed by atoms with Gasteiger partial charge in [-0.1, -0.05) is 6.07 Å². The van der Waals surface area contributed by atoms with Crippen LogP contribution >= 0.6 is 11.3 Å². The minimum Gasteiger partial charge on any atom is -0.385 e. The molecule has 0 radical (unpaired) electrons. The third-order valence-electron chi connectivity index (χ3n) is 4.55. The summed E-state index contributed by atoms with van der Waals surface area (Å²) in [4.78, 5) is 19.7. The van der Waals surface area contributed by atoms with Crippen molar-refractivity contribution in [1.29, 1.82) is 0 Å². The van der Waals surface area contributed by atoms with Gasteiger partial charge in [0.05, 0.1) is 11.0 Å². The minimum absolute atomic E-state index is 0.00143. The maximum absolute atomic E-state index is 11.9. The van der Waals surface area contributed by atoms with E-state index in [1.54, 1.807) is 7.11 Å². The topological polar surface area (TPSA) is 75.2 Å².